The lowest BCUT2D eigenvalue weighted by molar-refractivity contribution is -0.165. The summed E-state index contributed by atoms with van der Waals surface area (Å²) in [6.07, 6.45) is -0.814. The molecule has 0 aliphatic carbocycles. The Balaban J connectivity index is 2.36. The first kappa shape index (κ1) is 14.1. The number of alkyl halides is 1. The van der Waals surface area contributed by atoms with Crippen molar-refractivity contribution in [2.75, 3.05) is 7.11 Å². The average Bonchev–Trinajstić information content (AvgIpc) is 2.56. The van der Waals surface area contributed by atoms with E-state index in [2.05, 4.69) is 15.9 Å². The number of nitrogens with zero attached hydrogens (tertiary/aromatic N) is 1. The van der Waals surface area contributed by atoms with Crippen LogP contribution in [0.25, 0.3) is 0 Å². The molecule has 102 valence electrons. The van der Waals surface area contributed by atoms with Crippen molar-refractivity contribution in [3.8, 4) is 0 Å². The number of thioether (sulfide) groups is 1. The lowest BCUT2D eigenvalue weighted by Crippen LogP contribution is -2.74. The number of aliphatic hydroxyl groups is 1. The number of hydrogen-bond donors (Lipinski definition) is 1. The van der Waals surface area contributed by atoms with Crippen molar-refractivity contribution in [3.05, 3.63) is 0 Å². The van der Waals surface area contributed by atoms with Crippen molar-refractivity contribution in [2.24, 2.45) is 0 Å². The third-order valence-corrected chi connectivity index (χ3v) is 6.95. The number of hydrogen-bond acceptors (Lipinski definition) is 5. The molecule has 0 aromatic carbocycles. The molecule has 4 unspecified atom stereocenters. The minimum atomic E-state index is -0.988. The minimum Gasteiger partial charge on any atom is -0.467 e. The number of β-lactam (4-membered cyclic amide) rings is 1. The normalized spacial score (nSPS) is 39.0. The fourth-order valence-electron chi connectivity index (χ4n) is 2.52. The largest absolute Gasteiger partial charge is 0.467 e. The summed E-state index contributed by atoms with van der Waals surface area (Å²) in [6, 6.07) is -0.602. The summed E-state index contributed by atoms with van der Waals surface area (Å²) in [5.41, 5.74) is 0. The van der Waals surface area contributed by atoms with Crippen LogP contribution in [0.5, 0.6) is 0 Å². The molecule has 0 aromatic rings. The van der Waals surface area contributed by atoms with Gasteiger partial charge in [-0.3, -0.25) is 4.79 Å². The number of esters is 1. The highest BCUT2D eigenvalue weighted by Crippen LogP contribution is 2.59. The SMILES string of the molecule is COC(=O)C1N2C(=O)C(Br)(C(C)O)C2SC1(C)C. The van der Waals surface area contributed by atoms with E-state index in [0.29, 0.717) is 0 Å². The first-order valence-corrected chi connectivity index (χ1v) is 7.30. The molecule has 0 spiro atoms. The summed E-state index contributed by atoms with van der Waals surface area (Å²) in [5.74, 6) is -0.667. The fourth-order valence-corrected chi connectivity index (χ4v) is 4.94. The molecule has 7 heteroatoms. The lowest BCUT2D eigenvalue weighted by Gasteiger charge is -2.51. The van der Waals surface area contributed by atoms with Gasteiger partial charge in [0, 0.05) is 4.75 Å². The van der Waals surface area contributed by atoms with Gasteiger partial charge in [-0.25, -0.2) is 4.79 Å². The Bertz CT molecular complexity index is 414. The van der Waals surface area contributed by atoms with Gasteiger partial charge < -0.3 is 14.7 Å². The molecule has 0 aromatic heterocycles. The average molecular weight is 338 g/mol. The van der Waals surface area contributed by atoms with Gasteiger partial charge in [0.05, 0.1) is 13.2 Å². The minimum absolute atomic E-state index is 0.246. The summed E-state index contributed by atoms with van der Waals surface area (Å²) in [6.45, 7) is 5.38. The van der Waals surface area contributed by atoms with Crippen LogP contribution in [0.3, 0.4) is 0 Å². The summed E-state index contributed by atoms with van der Waals surface area (Å²) in [5, 5.41) is 9.53. The Morgan fingerprint density at radius 3 is 2.61 bits per heavy atom. The second-order valence-electron chi connectivity index (χ2n) is 5.16. The summed E-state index contributed by atoms with van der Waals surface area (Å²) >= 11 is 4.85. The molecule has 1 amide bonds. The van der Waals surface area contributed by atoms with Gasteiger partial charge in [0.25, 0.3) is 0 Å². The number of aliphatic hydroxyl groups excluding tert-OH is 1. The van der Waals surface area contributed by atoms with Crippen LogP contribution in [0.2, 0.25) is 0 Å². The first-order valence-electron chi connectivity index (χ1n) is 5.63. The van der Waals surface area contributed by atoms with Gasteiger partial charge in [0.1, 0.15) is 11.4 Å². The van der Waals surface area contributed by atoms with E-state index in [1.54, 1.807) is 6.92 Å². The maximum Gasteiger partial charge on any atom is 0.330 e. The van der Waals surface area contributed by atoms with Crippen molar-refractivity contribution in [3.63, 3.8) is 0 Å². The Kier molecular flexibility index (Phi) is 3.23. The molecule has 18 heavy (non-hydrogen) atoms. The van der Waals surface area contributed by atoms with Gasteiger partial charge in [-0.15, -0.1) is 11.8 Å². The molecule has 0 saturated carbocycles. The lowest BCUT2D eigenvalue weighted by atomic mass is 9.88. The summed E-state index contributed by atoms with van der Waals surface area (Å²) in [4.78, 5) is 25.6. The molecule has 2 saturated heterocycles. The van der Waals surface area contributed by atoms with Crippen LogP contribution in [-0.2, 0) is 14.3 Å². The highest BCUT2D eigenvalue weighted by atomic mass is 79.9. The quantitative estimate of drug-likeness (QED) is 0.457. The molecule has 5 nitrogen and oxygen atoms in total. The van der Waals surface area contributed by atoms with Gasteiger partial charge in [-0.2, -0.15) is 0 Å². The van der Waals surface area contributed by atoms with E-state index >= 15 is 0 Å². The van der Waals surface area contributed by atoms with Crippen LogP contribution in [0.1, 0.15) is 20.8 Å². The number of rotatable bonds is 2. The molecule has 0 bridgehead atoms. The van der Waals surface area contributed by atoms with E-state index < -0.39 is 27.2 Å². The van der Waals surface area contributed by atoms with Gasteiger partial charge in [-0.1, -0.05) is 15.9 Å². The highest BCUT2D eigenvalue weighted by Gasteiger charge is 2.72. The van der Waals surface area contributed by atoms with E-state index in [9.17, 15) is 14.7 Å². The molecule has 2 fully saturated rings. The number of ether oxygens (including phenoxy) is 1. The van der Waals surface area contributed by atoms with Crippen LogP contribution in [0, 0.1) is 0 Å². The number of fused-ring (bicyclic) bond motifs is 1. The maximum atomic E-state index is 12.2. The van der Waals surface area contributed by atoms with Gasteiger partial charge in [0.15, 0.2) is 4.32 Å². The molecule has 2 aliphatic heterocycles. The van der Waals surface area contributed by atoms with E-state index in [0.717, 1.165) is 0 Å². The van der Waals surface area contributed by atoms with Gasteiger partial charge >= 0.3 is 5.97 Å². The molecule has 2 heterocycles. The van der Waals surface area contributed by atoms with Crippen LogP contribution >= 0.6 is 27.7 Å². The monoisotopic (exact) mass is 337 g/mol. The number of carbonyl (C=O) groups is 2. The van der Waals surface area contributed by atoms with E-state index in [4.69, 9.17) is 4.74 Å². The first-order chi connectivity index (χ1) is 8.17. The predicted octanol–water partition coefficient (Wildman–Crippen LogP) is 0.736. The molecule has 2 rings (SSSR count). The maximum absolute atomic E-state index is 12.2. The Morgan fingerprint density at radius 1 is 1.61 bits per heavy atom. The number of halogens is 1. The second-order valence-corrected chi connectivity index (χ2v) is 8.20. The van der Waals surface area contributed by atoms with Gasteiger partial charge in [0.2, 0.25) is 5.91 Å². The fraction of sp³-hybridized carbons (Fsp3) is 0.818. The Morgan fingerprint density at radius 2 is 2.17 bits per heavy atom. The van der Waals surface area contributed by atoms with Crippen LogP contribution < -0.4 is 0 Å². The highest BCUT2D eigenvalue weighted by molar-refractivity contribution is 9.10. The predicted molar refractivity (Wildman–Crippen MR) is 71.4 cm³/mol. The molecule has 1 N–H and O–H groups in total. The molecular formula is C11H16BrNO4S. The van der Waals surface area contributed by atoms with Crippen LogP contribution in [0.4, 0.5) is 0 Å². The zero-order valence-corrected chi connectivity index (χ0v) is 13.0. The Labute approximate surface area is 118 Å². The van der Waals surface area contributed by atoms with Crippen molar-refractivity contribution in [1.82, 2.24) is 4.90 Å². The van der Waals surface area contributed by atoms with Crippen LogP contribution in [-0.4, -0.2) is 55.6 Å². The van der Waals surface area contributed by atoms with E-state index in [1.165, 1.54) is 23.8 Å². The third kappa shape index (κ3) is 1.56. The number of methoxy groups -OCH3 is 1. The topological polar surface area (TPSA) is 66.8 Å². The third-order valence-electron chi connectivity index (χ3n) is 3.56. The Hall–Kier alpha value is -0.270. The number of amides is 1. The van der Waals surface area contributed by atoms with Crippen molar-refractivity contribution in [1.29, 1.82) is 0 Å². The van der Waals surface area contributed by atoms with Crippen molar-refractivity contribution >= 4 is 39.6 Å². The molecule has 0 radical (unpaired) electrons. The van der Waals surface area contributed by atoms with Crippen molar-refractivity contribution < 1.29 is 19.4 Å². The molecule has 2 aliphatic rings. The second kappa shape index (κ2) is 4.11. The van der Waals surface area contributed by atoms with Gasteiger partial charge in [-0.05, 0) is 20.8 Å². The zero-order valence-electron chi connectivity index (χ0n) is 10.6. The zero-order chi connectivity index (χ0) is 13.9. The molecular weight excluding hydrogens is 322 g/mol. The van der Waals surface area contributed by atoms with E-state index in [-0.39, 0.29) is 11.3 Å². The van der Waals surface area contributed by atoms with E-state index in [1.807, 2.05) is 13.8 Å². The number of carbonyl (C=O) groups excluding carboxylic acids is 2. The molecule has 4 atom stereocenters. The summed E-state index contributed by atoms with van der Waals surface area (Å²) < 4.78 is 3.35. The van der Waals surface area contributed by atoms with Crippen LogP contribution in [0.15, 0.2) is 0 Å². The standard InChI is InChI=1S/C11H16BrNO4S/c1-5(14)11(12)8(16)13-6(7(15)17-4)10(2,3)18-9(11)13/h5-6,9,14H,1-4H3. The van der Waals surface area contributed by atoms with Crippen molar-refractivity contribution in [2.45, 2.75) is 47.4 Å². The smallest absolute Gasteiger partial charge is 0.330 e. The summed E-state index contributed by atoms with van der Waals surface area (Å²) in [7, 11) is 1.32.